The molecule has 5 nitrogen and oxygen atoms in total. The molecule has 0 aliphatic heterocycles. The highest BCUT2D eigenvalue weighted by Crippen LogP contribution is 2.20. The number of amides is 1. The molecule has 134 valence electrons. The number of carbonyl (C=O) groups is 1. The number of alkyl halides is 3. The van der Waals surface area contributed by atoms with Crippen LogP contribution >= 0.6 is 0 Å². The van der Waals surface area contributed by atoms with Crippen molar-refractivity contribution < 1.29 is 31.8 Å². The van der Waals surface area contributed by atoms with Crippen LogP contribution in [0.4, 0.5) is 17.6 Å². The van der Waals surface area contributed by atoms with E-state index in [4.69, 9.17) is 4.74 Å². The summed E-state index contributed by atoms with van der Waals surface area (Å²) in [6, 6.07) is 8.68. The maximum atomic E-state index is 13.1. The second-order valence-corrected chi connectivity index (χ2v) is 4.95. The highest BCUT2D eigenvalue weighted by molar-refractivity contribution is 5.77. The van der Waals surface area contributed by atoms with Crippen molar-refractivity contribution in [2.75, 3.05) is 13.2 Å². The zero-order chi connectivity index (χ0) is 18.3. The van der Waals surface area contributed by atoms with E-state index in [-0.39, 0.29) is 18.2 Å². The van der Waals surface area contributed by atoms with Gasteiger partial charge in [0.2, 0.25) is 11.8 Å². The number of nitrogens with one attached hydrogen (secondary N) is 1. The van der Waals surface area contributed by atoms with Crippen LogP contribution < -0.4 is 10.1 Å². The molecule has 1 N–H and O–H groups in total. The molecule has 1 aromatic heterocycles. The molecule has 1 heterocycles. The number of halogens is 4. The largest absolute Gasteiger partial charge is 0.439 e. The van der Waals surface area contributed by atoms with Crippen LogP contribution in [-0.2, 0) is 16.1 Å². The third-order valence-electron chi connectivity index (χ3n) is 2.80. The molecule has 2 aromatic rings. The molecule has 0 saturated carbocycles. The van der Waals surface area contributed by atoms with Gasteiger partial charge in [0, 0.05) is 24.9 Å². The zero-order valence-corrected chi connectivity index (χ0v) is 12.8. The fraction of sp³-hybridized carbons (Fsp3) is 0.250. The molecule has 0 spiro atoms. The summed E-state index contributed by atoms with van der Waals surface area (Å²) in [5, 5.41) is 2.40. The molecule has 9 heteroatoms. The maximum Gasteiger partial charge on any atom is 0.411 e. The molecule has 0 unspecified atom stereocenters. The van der Waals surface area contributed by atoms with Gasteiger partial charge < -0.3 is 14.8 Å². The first-order valence-electron chi connectivity index (χ1n) is 7.11. The van der Waals surface area contributed by atoms with E-state index in [1.807, 2.05) is 0 Å². The van der Waals surface area contributed by atoms with E-state index in [0.717, 1.165) is 0 Å². The first kappa shape index (κ1) is 18.7. The van der Waals surface area contributed by atoms with E-state index in [1.165, 1.54) is 30.5 Å². The summed E-state index contributed by atoms with van der Waals surface area (Å²) in [7, 11) is 0. The SMILES string of the molecule is O=C(COCC(F)(F)F)NCc1ccc(Oc2cccc(F)c2)nc1. The van der Waals surface area contributed by atoms with E-state index in [0.29, 0.717) is 5.56 Å². The zero-order valence-electron chi connectivity index (χ0n) is 12.8. The van der Waals surface area contributed by atoms with Crippen molar-refractivity contribution in [2.45, 2.75) is 12.7 Å². The summed E-state index contributed by atoms with van der Waals surface area (Å²) >= 11 is 0. The van der Waals surface area contributed by atoms with Gasteiger partial charge in [0.1, 0.15) is 24.8 Å². The molecule has 0 bridgehead atoms. The van der Waals surface area contributed by atoms with Crippen LogP contribution in [-0.4, -0.2) is 30.3 Å². The van der Waals surface area contributed by atoms with Gasteiger partial charge in [-0.25, -0.2) is 9.37 Å². The van der Waals surface area contributed by atoms with Crippen LogP contribution in [0.3, 0.4) is 0 Å². The van der Waals surface area contributed by atoms with Crippen molar-refractivity contribution >= 4 is 5.91 Å². The lowest BCUT2D eigenvalue weighted by Crippen LogP contribution is -2.29. The molecule has 1 amide bonds. The third-order valence-corrected chi connectivity index (χ3v) is 2.80. The second kappa shape index (κ2) is 8.43. The molecule has 0 saturated heterocycles. The van der Waals surface area contributed by atoms with Crippen molar-refractivity contribution in [3.05, 3.63) is 54.0 Å². The molecule has 0 radical (unpaired) electrons. The van der Waals surface area contributed by atoms with Crippen molar-refractivity contribution in [3.8, 4) is 11.6 Å². The van der Waals surface area contributed by atoms with Gasteiger partial charge in [-0.2, -0.15) is 13.2 Å². The van der Waals surface area contributed by atoms with Gasteiger partial charge in [0.05, 0.1) is 0 Å². The fourth-order valence-corrected chi connectivity index (χ4v) is 1.74. The topological polar surface area (TPSA) is 60.5 Å². The van der Waals surface area contributed by atoms with Crippen LogP contribution in [0, 0.1) is 5.82 Å². The Hall–Kier alpha value is -2.68. The molecular formula is C16H14F4N2O3. The smallest absolute Gasteiger partial charge is 0.411 e. The Morgan fingerprint density at radius 2 is 2.00 bits per heavy atom. The number of hydrogen-bond acceptors (Lipinski definition) is 4. The van der Waals surface area contributed by atoms with Gasteiger partial charge >= 0.3 is 6.18 Å². The van der Waals surface area contributed by atoms with Gasteiger partial charge in [-0.05, 0) is 17.7 Å². The van der Waals surface area contributed by atoms with Gasteiger partial charge in [-0.1, -0.05) is 12.1 Å². The number of carbonyl (C=O) groups excluding carboxylic acids is 1. The Kier molecular flexibility index (Phi) is 6.29. The van der Waals surface area contributed by atoms with Crippen LogP contribution in [0.25, 0.3) is 0 Å². The number of ether oxygens (including phenoxy) is 2. The fourth-order valence-electron chi connectivity index (χ4n) is 1.74. The lowest BCUT2D eigenvalue weighted by atomic mass is 10.3. The summed E-state index contributed by atoms with van der Waals surface area (Å²) < 4.78 is 58.3. The van der Waals surface area contributed by atoms with Crippen molar-refractivity contribution in [2.24, 2.45) is 0 Å². The number of benzene rings is 1. The highest BCUT2D eigenvalue weighted by Gasteiger charge is 2.27. The molecule has 2 rings (SSSR count). The molecule has 0 aliphatic carbocycles. The Bertz CT molecular complexity index is 705. The third kappa shape index (κ3) is 7.17. The number of hydrogen-bond donors (Lipinski definition) is 1. The van der Waals surface area contributed by atoms with E-state index in [1.54, 1.807) is 12.1 Å². The molecule has 25 heavy (non-hydrogen) atoms. The van der Waals surface area contributed by atoms with Crippen molar-refractivity contribution in [1.29, 1.82) is 0 Å². The lowest BCUT2D eigenvalue weighted by molar-refractivity contribution is -0.175. The van der Waals surface area contributed by atoms with Crippen LogP contribution in [0.1, 0.15) is 5.56 Å². The number of aromatic nitrogens is 1. The van der Waals surface area contributed by atoms with Crippen LogP contribution in [0.5, 0.6) is 11.6 Å². The Labute approximate surface area is 140 Å². The molecule has 1 aromatic carbocycles. The lowest BCUT2D eigenvalue weighted by Gasteiger charge is -2.09. The van der Waals surface area contributed by atoms with Crippen LogP contribution in [0.2, 0.25) is 0 Å². The maximum absolute atomic E-state index is 13.1. The average Bonchev–Trinajstić information content (AvgIpc) is 2.53. The van der Waals surface area contributed by atoms with Gasteiger partial charge in [-0.3, -0.25) is 4.79 Å². The quantitative estimate of drug-likeness (QED) is 0.772. The van der Waals surface area contributed by atoms with Gasteiger partial charge in [-0.15, -0.1) is 0 Å². The number of pyridine rings is 1. The summed E-state index contributed by atoms with van der Waals surface area (Å²) in [6.45, 7) is -2.09. The van der Waals surface area contributed by atoms with Crippen molar-refractivity contribution in [3.63, 3.8) is 0 Å². The minimum atomic E-state index is -4.47. The molecular weight excluding hydrogens is 344 g/mol. The first-order valence-corrected chi connectivity index (χ1v) is 7.11. The second-order valence-electron chi connectivity index (χ2n) is 4.95. The van der Waals surface area contributed by atoms with E-state index < -0.39 is 31.1 Å². The van der Waals surface area contributed by atoms with E-state index >= 15 is 0 Å². The summed E-state index contributed by atoms with van der Waals surface area (Å²) in [6.07, 6.45) is -3.05. The van der Waals surface area contributed by atoms with Crippen molar-refractivity contribution in [1.82, 2.24) is 10.3 Å². The number of rotatable bonds is 7. The summed E-state index contributed by atoms with van der Waals surface area (Å²) in [5.74, 6) is -0.599. The molecule has 0 fully saturated rings. The van der Waals surface area contributed by atoms with Gasteiger partial charge in [0.15, 0.2) is 0 Å². The average molecular weight is 358 g/mol. The number of nitrogens with zero attached hydrogens (tertiary/aromatic N) is 1. The predicted molar refractivity (Wildman–Crippen MR) is 79.4 cm³/mol. The normalized spacial score (nSPS) is 11.2. The standard InChI is InChI=1S/C16H14F4N2O3/c17-12-2-1-3-13(6-12)25-15-5-4-11(8-22-15)7-21-14(23)9-24-10-16(18,19)20/h1-6,8H,7,9-10H2,(H,21,23). The Morgan fingerprint density at radius 1 is 1.20 bits per heavy atom. The predicted octanol–water partition coefficient (Wildman–Crippen LogP) is 3.21. The monoisotopic (exact) mass is 358 g/mol. The first-order chi connectivity index (χ1) is 11.8. The minimum absolute atomic E-state index is 0.0709. The Morgan fingerprint density at radius 3 is 2.64 bits per heavy atom. The highest BCUT2D eigenvalue weighted by atomic mass is 19.4. The summed E-state index contributed by atoms with van der Waals surface area (Å²) in [5.41, 5.74) is 0.607. The van der Waals surface area contributed by atoms with Crippen LogP contribution in [0.15, 0.2) is 42.6 Å². The van der Waals surface area contributed by atoms with E-state index in [2.05, 4.69) is 15.0 Å². The molecule has 0 atom stereocenters. The minimum Gasteiger partial charge on any atom is -0.439 e. The van der Waals surface area contributed by atoms with Gasteiger partial charge in [0.25, 0.3) is 0 Å². The summed E-state index contributed by atoms with van der Waals surface area (Å²) in [4.78, 5) is 15.4. The van der Waals surface area contributed by atoms with E-state index in [9.17, 15) is 22.4 Å². The molecule has 0 aliphatic rings. The Balaban J connectivity index is 1.77.